The lowest BCUT2D eigenvalue weighted by Crippen LogP contribution is -2.36. The summed E-state index contributed by atoms with van der Waals surface area (Å²) in [5.41, 5.74) is 3.49. The van der Waals surface area contributed by atoms with E-state index in [-0.39, 0.29) is 11.8 Å². The molecule has 7 heteroatoms. The van der Waals surface area contributed by atoms with Crippen molar-refractivity contribution in [3.05, 3.63) is 90.0 Å². The maximum Gasteiger partial charge on any atom is 0.253 e. The molecular formula is C30H35N3O3S. The highest BCUT2D eigenvalue weighted by Gasteiger charge is 2.24. The van der Waals surface area contributed by atoms with Crippen LogP contribution in [0.15, 0.2) is 83.8 Å². The number of hydrogen-bond acceptors (Lipinski definition) is 5. The summed E-state index contributed by atoms with van der Waals surface area (Å²) in [6, 6.07) is 26.1. The number of carbonyl (C=O) groups is 2. The molecule has 37 heavy (non-hydrogen) atoms. The molecule has 0 unspecified atom stereocenters. The fraction of sp³-hybridized carbons (Fsp3) is 0.333. The van der Waals surface area contributed by atoms with Crippen LogP contribution in [-0.4, -0.2) is 50.9 Å². The number of hydrogen-bond donors (Lipinski definition) is 2. The Morgan fingerprint density at radius 1 is 0.973 bits per heavy atom. The fourth-order valence-corrected chi connectivity index (χ4v) is 5.34. The third kappa shape index (κ3) is 8.10. The lowest BCUT2D eigenvalue weighted by molar-refractivity contribution is -0.113. The van der Waals surface area contributed by atoms with Crippen LogP contribution in [0.1, 0.15) is 28.8 Å². The van der Waals surface area contributed by atoms with Crippen molar-refractivity contribution >= 4 is 35.0 Å². The van der Waals surface area contributed by atoms with Gasteiger partial charge in [-0.2, -0.15) is 0 Å². The maximum absolute atomic E-state index is 13.1. The van der Waals surface area contributed by atoms with E-state index in [4.69, 9.17) is 4.74 Å². The van der Waals surface area contributed by atoms with E-state index in [1.165, 1.54) is 17.3 Å². The molecule has 2 N–H and O–H groups in total. The zero-order valence-electron chi connectivity index (χ0n) is 21.3. The van der Waals surface area contributed by atoms with E-state index in [0.717, 1.165) is 42.9 Å². The number of piperidine rings is 1. The van der Waals surface area contributed by atoms with Gasteiger partial charge in [-0.1, -0.05) is 48.5 Å². The molecule has 1 fully saturated rings. The SMILES string of the molecule is COCCNC(=O)c1cc(NC(=O)CSc2ccccc2)ccc1N1CCC(Cc2ccccc2)CC1. The molecule has 0 bridgehead atoms. The molecule has 0 atom stereocenters. The van der Waals surface area contributed by atoms with Crippen molar-refractivity contribution in [3.8, 4) is 0 Å². The van der Waals surface area contributed by atoms with Crippen LogP contribution in [-0.2, 0) is 16.0 Å². The molecule has 1 aliphatic rings. The standard InChI is InChI=1S/C30H35N3O3S/c1-36-19-16-31-30(35)27-21-25(32-29(34)22-37-26-10-6-3-7-11-26)12-13-28(27)33-17-14-24(15-18-33)20-23-8-4-2-5-9-23/h2-13,21,24H,14-20,22H2,1H3,(H,31,35)(H,32,34). The molecule has 1 aliphatic heterocycles. The first-order chi connectivity index (χ1) is 18.1. The minimum Gasteiger partial charge on any atom is -0.383 e. The van der Waals surface area contributed by atoms with Gasteiger partial charge in [-0.05, 0) is 61.1 Å². The molecule has 0 aromatic heterocycles. The van der Waals surface area contributed by atoms with Gasteiger partial charge >= 0.3 is 0 Å². The third-order valence-corrected chi connectivity index (χ3v) is 7.56. The van der Waals surface area contributed by atoms with Crippen molar-refractivity contribution in [1.82, 2.24) is 5.32 Å². The molecule has 2 amide bonds. The first-order valence-corrected chi connectivity index (χ1v) is 13.8. The summed E-state index contributed by atoms with van der Waals surface area (Å²) in [6.45, 7) is 2.67. The molecular weight excluding hydrogens is 482 g/mol. The Morgan fingerprint density at radius 2 is 1.68 bits per heavy atom. The number of thioether (sulfide) groups is 1. The normalized spacial score (nSPS) is 13.8. The maximum atomic E-state index is 13.1. The second-order valence-electron chi connectivity index (χ2n) is 9.25. The van der Waals surface area contributed by atoms with E-state index >= 15 is 0 Å². The molecule has 0 spiro atoms. The van der Waals surface area contributed by atoms with Crippen LogP contribution in [0.3, 0.4) is 0 Å². The minimum atomic E-state index is -0.159. The summed E-state index contributed by atoms with van der Waals surface area (Å²) in [7, 11) is 1.61. The average Bonchev–Trinajstić information content (AvgIpc) is 2.94. The number of nitrogens with one attached hydrogen (secondary N) is 2. The highest BCUT2D eigenvalue weighted by atomic mass is 32.2. The Balaban J connectivity index is 1.42. The summed E-state index contributed by atoms with van der Waals surface area (Å²) in [5, 5.41) is 5.90. The van der Waals surface area contributed by atoms with Gasteiger partial charge in [0.05, 0.1) is 17.9 Å². The zero-order valence-corrected chi connectivity index (χ0v) is 22.1. The van der Waals surface area contributed by atoms with Crippen LogP contribution in [0.25, 0.3) is 0 Å². The molecule has 3 aromatic carbocycles. The van der Waals surface area contributed by atoms with Gasteiger partial charge in [-0.15, -0.1) is 11.8 Å². The van der Waals surface area contributed by atoms with Gasteiger partial charge < -0.3 is 20.3 Å². The van der Waals surface area contributed by atoms with Crippen molar-refractivity contribution < 1.29 is 14.3 Å². The summed E-state index contributed by atoms with van der Waals surface area (Å²) in [6.07, 6.45) is 3.24. The van der Waals surface area contributed by atoms with E-state index in [2.05, 4.69) is 45.9 Å². The number of benzene rings is 3. The van der Waals surface area contributed by atoms with Gasteiger partial charge in [0.2, 0.25) is 5.91 Å². The largest absolute Gasteiger partial charge is 0.383 e. The average molecular weight is 518 g/mol. The molecule has 1 heterocycles. The predicted octanol–water partition coefficient (Wildman–Crippen LogP) is 5.25. The zero-order chi connectivity index (χ0) is 25.9. The number of anilines is 2. The topological polar surface area (TPSA) is 70.7 Å². The Hall–Kier alpha value is -3.29. The van der Waals surface area contributed by atoms with Gasteiger partial charge in [0.15, 0.2) is 0 Å². The molecule has 0 aliphatic carbocycles. The van der Waals surface area contributed by atoms with Crippen LogP contribution < -0.4 is 15.5 Å². The molecule has 0 saturated carbocycles. The predicted molar refractivity (Wildman–Crippen MR) is 152 cm³/mol. The van der Waals surface area contributed by atoms with Crippen LogP contribution >= 0.6 is 11.8 Å². The van der Waals surface area contributed by atoms with Crippen LogP contribution in [0, 0.1) is 5.92 Å². The monoisotopic (exact) mass is 517 g/mol. The van der Waals surface area contributed by atoms with Gasteiger partial charge in [-0.25, -0.2) is 0 Å². The van der Waals surface area contributed by atoms with Crippen molar-refractivity contribution in [1.29, 1.82) is 0 Å². The van der Waals surface area contributed by atoms with Crippen LogP contribution in [0.4, 0.5) is 11.4 Å². The van der Waals surface area contributed by atoms with Crippen molar-refractivity contribution in [2.45, 2.75) is 24.2 Å². The summed E-state index contributed by atoms with van der Waals surface area (Å²) >= 11 is 1.48. The van der Waals surface area contributed by atoms with Gasteiger partial charge in [0, 0.05) is 43.0 Å². The van der Waals surface area contributed by atoms with E-state index in [1.54, 1.807) is 13.2 Å². The molecule has 6 nitrogen and oxygen atoms in total. The number of carbonyl (C=O) groups excluding carboxylic acids is 2. The van der Waals surface area contributed by atoms with Gasteiger partial charge in [0.25, 0.3) is 5.91 Å². The fourth-order valence-electron chi connectivity index (χ4n) is 4.62. The Morgan fingerprint density at radius 3 is 2.38 bits per heavy atom. The lowest BCUT2D eigenvalue weighted by atomic mass is 9.89. The number of amides is 2. The Kier molecular flexibility index (Phi) is 10.0. The summed E-state index contributed by atoms with van der Waals surface area (Å²) < 4.78 is 5.09. The molecule has 3 aromatic rings. The van der Waals surface area contributed by atoms with Crippen LogP contribution in [0.2, 0.25) is 0 Å². The van der Waals surface area contributed by atoms with Crippen LogP contribution in [0.5, 0.6) is 0 Å². The lowest BCUT2D eigenvalue weighted by Gasteiger charge is -2.35. The van der Waals surface area contributed by atoms with Gasteiger partial charge in [-0.3, -0.25) is 9.59 Å². The Labute approximate surface area is 223 Å². The van der Waals surface area contributed by atoms with E-state index in [9.17, 15) is 9.59 Å². The van der Waals surface area contributed by atoms with Gasteiger partial charge in [0.1, 0.15) is 0 Å². The minimum absolute atomic E-state index is 0.103. The van der Waals surface area contributed by atoms with E-state index in [1.807, 2.05) is 42.5 Å². The van der Waals surface area contributed by atoms with E-state index < -0.39 is 0 Å². The first kappa shape index (κ1) is 26.8. The third-order valence-electron chi connectivity index (χ3n) is 6.55. The molecule has 4 rings (SSSR count). The number of rotatable bonds is 11. The van der Waals surface area contributed by atoms with Crippen molar-refractivity contribution in [2.75, 3.05) is 49.3 Å². The molecule has 194 valence electrons. The second-order valence-corrected chi connectivity index (χ2v) is 10.3. The Bertz CT molecular complexity index is 1150. The highest BCUT2D eigenvalue weighted by Crippen LogP contribution is 2.30. The molecule has 1 saturated heterocycles. The number of ether oxygens (including phenoxy) is 1. The second kappa shape index (κ2) is 13.9. The summed E-state index contributed by atoms with van der Waals surface area (Å²) in [5.74, 6) is 0.677. The molecule has 0 radical (unpaired) electrons. The highest BCUT2D eigenvalue weighted by molar-refractivity contribution is 8.00. The van der Waals surface area contributed by atoms with E-state index in [0.29, 0.717) is 36.1 Å². The number of methoxy groups -OCH3 is 1. The van der Waals surface area contributed by atoms with Crippen molar-refractivity contribution in [3.63, 3.8) is 0 Å². The quantitative estimate of drug-likeness (QED) is 0.268. The number of nitrogens with zero attached hydrogens (tertiary/aromatic N) is 1. The van der Waals surface area contributed by atoms with Crippen molar-refractivity contribution in [2.24, 2.45) is 5.92 Å². The smallest absolute Gasteiger partial charge is 0.253 e. The first-order valence-electron chi connectivity index (χ1n) is 12.8. The summed E-state index contributed by atoms with van der Waals surface area (Å²) in [4.78, 5) is 29.1.